The van der Waals surface area contributed by atoms with Crippen LogP contribution in [-0.2, 0) is 14.8 Å². The summed E-state index contributed by atoms with van der Waals surface area (Å²) in [5.41, 5.74) is 1.01. The van der Waals surface area contributed by atoms with Gasteiger partial charge in [-0.2, -0.15) is 0 Å². The second-order valence-corrected chi connectivity index (χ2v) is 8.60. The molecule has 0 radical (unpaired) electrons. The molecule has 9 heteroatoms. The van der Waals surface area contributed by atoms with Gasteiger partial charge in [0.25, 0.3) is 0 Å². The monoisotopic (exact) mass is 430 g/mol. The standard InChI is InChI=1S/C18H20Cl2N2O4S/c1-12(13-7-9-14(26-2)10-8-13)21-17(23)11-22(27(3,24)25)16-6-4-5-15(19)18(16)20/h4-10,12H,11H2,1-3H3,(H,21,23). The average molecular weight is 431 g/mol. The van der Waals surface area contributed by atoms with Crippen LogP contribution in [0, 0.1) is 0 Å². The fraction of sp³-hybridized carbons (Fsp3) is 0.278. The summed E-state index contributed by atoms with van der Waals surface area (Å²) in [5, 5.41) is 3.05. The van der Waals surface area contributed by atoms with Gasteiger partial charge >= 0.3 is 0 Å². The molecule has 146 valence electrons. The summed E-state index contributed by atoms with van der Waals surface area (Å²) in [5.74, 6) is 0.232. The smallest absolute Gasteiger partial charge is 0.241 e. The summed E-state index contributed by atoms with van der Waals surface area (Å²) >= 11 is 12.1. The van der Waals surface area contributed by atoms with E-state index in [1.165, 1.54) is 6.07 Å². The van der Waals surface area contributed by atoms with Crippen molar-refractivity contribution in [1.29, 1.82) is 0 Å². The Hall–Kier alpha value is -1.96. The largest absolute Gasteiger partial charge is 0.497 e. The lowest BCUT2D eigenvalue weighted by Gasteiger charge is -2.24. The van der Waals surface area contributed by atoms with Gasteiger partial charge in [-0.15, -0.1) is 0 Å². The van der Waals surface area contributed by atoms with Crippen molar-refractivity contribution in [3.05, 3.63) is 58.1 Å². The highest BCUT2D eigenvalue weighted by Crippen LogP contribution is 2.33. The molecule has 2 aromatic rings. The molecule has 6 nitrogen and oxygen atoms in total. The zero-order valence-corrected chi connectivity index (χ0v) is 17.4. The molecular weight excluding hydrogens is 411 g/mol. The molecule has 27 heavy (non-hydrogen) atoms. The molecule has 1 amide bonds. The van der Waals surface area contributed by atoms with Crippen LogP contribution in [0.5, 0.6) is 5.75 Å². The van der Waals surface area contributed by atoms with E-state index in [-0.39, 0.29) is 21.8 Å². The van der Waals surface area contributed by atoms with E-state index in [1.54, 1.807) is 38.3 Å². The minimum atomic E-state index is -3.75. The van der Waals surface area contributed by atoms with Crippen LogP contribution >= 0.6 is 23.2 Å². The van der Waals surface area contributed by atoms with Crippen molar-refractivity contribution in [2.24, 2.45) is 0 Å². The number of hydrogen-bond donors (Lipinski definition) is 1. The van der Waals surface area contributed by atoms with Crippen molar-refractivity contribution in [1.82, 2.24) is 5.32 Å². The molecule has 0 bridgehead atoms. The first-order chi connectivity index (χ1) is 12.6. The maximum absolute atomic E-state index is 12.5. The van der Waals surface area contributed by atoms with E-state index >= 15 is 0 Å². The Morgan fingerprint density at radius 3 is 2.37 bits per heavy atom. The SMILES string of the molecule is COc1ccc(C(C)NC(=O)CN(c2cccc(Cl)c2Cl)S(C)(=O)=O)cc1. The number of sulfonamides is 1. The molecule has 0 aliphatic carbocycles. The number of rotatable bonds is 7. The third kappa shape index (κ3) is 5.51. The van der Waals surface area contributed by atoms with Gasteiger partial charge < -0.3 is 10.1 Å². The molecular formula is C18H20Cl2N2O4S. The van der Waals surface area contributed by atoms with E-state index in [4.69, 9.17) is 27.9 Å². The second-order valence-electron chi connectivity index (χ2n) is 5.90. The summed E-state index contributed by atoms with van der Waals surface area (Å²) in [6.07, 6.45) is 1.00. The Morgan fingerprint density at radius 2 is 1.81 bits per heavy atom. The van der Waals surface area contributed by atoms with Crippen molar-refractivity contribution < 1.29 is 17.9 Å². The first-order valence-electron chi connectivity index (χ1n) is 7.98. The van der Waals surface area contributed by atoms with Gasteiger partial charge in [0, 0.05) is 0 Å². The molecule has 0 saturated heterocycles. The van der Waals surface area contributed by atoms with Crippen molar-refractivity contribution in [2.45, 2.75) is 13.0 Å². The molecule has 1 unspecified atom stereocenters. The van der Waals surface area contributed by atoms with E-state index in [0.29, 0.717) is 5.75 Å². The summed E-state index contributed by atoms with van der Waals surface area (Å²) in [6.45, 7) is 1.39. The molecule has 0 aliphatic heterocycles. The molecule has 0 aliphatic rings. The van der Waals surface area contributed by atoms with Crippen LogP contribution in [0.3, 0.4) is 0 Å². The van der Waals surface area contributed by atoms with Gasteiger partial charge in [0.2, 0.25) is 15.9 Å². The van der Waals surface area contributed by atoms with E-state index in [9.17, 15) is 13.2 Å². The Kier molecular flexibility index (Phi) is 6.97. The van der Waals surface area contributed by atoms with Gasteiger partial charge in [-0.05, 0) is 36.8 Å². The second kappa shape index (κ2) is 8.82. The van der Waals surface area contributed by atoms with E-state index in [0.717, 1.165) is 16.1 Å². The lowest BCUT2D eigenvalue weighted by Crippen LogP contribution is -2.41. The minimum Gasteiger partial charge on any atom is -0.497 e. The quantitative estimate of drug-likeness (QED) is 0.726. The lowest BCUT2D eigenvalue weighted by atomic mass is 10.1. The van der Waals surface area contributed by atoms with Gasteiger partial charge in [-0.25, -0.2) is 8.42 Å². The Morgan fingerprint density at radius 1 is 1.19 bits per heavy atom. The zero-order valence-electron chi connectivity index (χ0n) is 15.1. The maximum atomic E-state index is 12.5. The van der Waals surface area contributed by atoms with Crippen molar-refractivity contribution in [3.63, 3.8) is 0 Å². The highest BCUT2D eigenvalue weighted by Gasteiger charge is 2.24. The number of nitrogens with one attached hydrogen (secondary N) is 1. The summed E-state index contributed by atoms with van der Waals surface area (Å²) in [6, 6.07) is 11.5. The van der Waals surface area contributed by atoms with Gasteiger partial charge in [0.15, 0.2) is 0 Å². The number of hydrogen-bond acceptors (Lipinski definition) is 4. The minimum absolute atomic E-state index is 0.0700. The number of carbonyl (C=O) groups excluding carboxylic acids is 1. The molecule has 0 heterocycles. The number of benzene rings is 2. The number of halogens is 2. The summed E-state index contributed by atoms with van der Waals surface area (Å²) in [7, 11) is -2.18. The van der Waals surface area contributed by atoms with Crippen molar-refractivity contribution >= 4 is 44.8 Å². The van der Waals surface area contributed by atoms with Crippen LogP contribution < -0.4 is 14.4 Å². The van der Waals surface area contributed by atoms with Crippen LogP contribution in [0.2, 0.25) is 10.0 Å². The first kappa shape index (κ1) is 21.3. The normalized spacial score (nSPS) is 12.3. The molecule has 1 atom stereocenters. The Bertz CT molecular complexity index is 917. The van der Waals surface area contributed by atoms with Crippen molar-refractivity contribution in [3.8, 4) is 5.75 Å². The fourth-order valence-electron chi connectivity index (χ4n) is 2.46. The van der Waals surface area contributed by atoms with Gasteiger partial charge in [-0.1, -0.05) is 41.4 Å². The number of amides is 1. The molecule has 0 aromatic heterocycles. The average Bonchev–Trinajstić information content (AvgIpc) is 2.61. The fourth-order valence-corrected chi connectivity index (χ4v) is 3.77. The van der Waals surface area contributed by atoms with Crippen LogP contribution in [0.4, 0.5) is 5.69 Å². The molecule has 0 fully saturated rings. The van der Waals surface area contributed by atoms with Crippen LogP contribution in [0.25, 0.3) is 0 Å². The molecule has 2 rings (SSSR count). The van der Waals surface area contributed by atoms with E-state index in [2.05, 4.69) is 5.32 Å². The van der Waals surface area contributed by atoms with Crippen molar-refractivity contribution in [2.75, 3.05) is 24.2 Å². The third-order valence-corrected chi connectivity index (χ3v) is 5.82. The topological polar surface area (TPSA) is 75.7 Å². The number of nitrogens with zero attached hydrogens (tertiary/aromatic N) is 1. The van der Waals surface area contributed by atoms with Crippen LogP contribution in [0.1, 0.15) is 18.5 Å². The third-order valence-electron chi connectivity index (χ3n) is 3.88. The lowest BCUT2D eigenvalue weighted by molar-refractivity contribution is -0.120. The van der Waals surface area contributed by atoms with Gasteiger partial charge in [0.1, 0.15) is 12.3 Å². The number of carbonyl (C=O) groups is 1. The van der Waals surface area contributed by atoms with Crippen LogP contribution in [-0.4, -0.2) is 34.2 Å². The highest BCUT2D eigenvalue weighted by atomic mass is 35.5. The zero-order chi connectivity index (χ0) is 20.2. The van der Waals surface area contributed by atoms with Gasteiger partial charge in [0.05, 0.1) is 35.1 Å². The number of methoxy groups -OCH3 is 1. The van der Waals surface area contributed by atoms with E-state index in [1.807, 2.05) is 12.1 Å². The molecule has 2 aromatic carbocycles. The maximum Gasteiger partial charge on any atom is 0.241 e. The number of ether oxygens (including phenoxy) is 1. The predicted molar refractivity (Wildman–Crippen MR) is 108 cm³/mol. The molecule has 0 spiro atoms. The highest BCUT2D eigenvalue weighted by molar-refractivity contribution is 7.92. The molecule has 0 saturated carbocycles. The summed E-state index contributed by atoms with van der Waals surface area (Å²) < 4.78 is 30.4. The van der Waals surface area contributed by atoms with E-state index < -0.39 is 22.5 Å². The first-order valence-corrected chi connectivity index (χ1v) is 10.6. The number of anilines is 1. The Labute approximate surface area is 169 Å². The van der Waals surface area contributed by atoms with Crippen LogP contribution in [0.15, 0.2) is 42.5 Å². The predicted octanol–water partition coefficient (Wildman–Crippen LogP) is 3.65. The Balaban J connectivity index is 2.17. The summed E-state index contributed by atoms with van der Waals surface area (Å²) in [4.78, 5) is 12.5. The van der Waals surface area contributed by atoms with Gasteiger partial charge in [-0.3, -0.25) is 9.10 Å². The molecule has 1 N–H and O–H groups in total.